The molecule has 0 bridgehead atoms. The molecule has 384 valence electrons. The highest BCUT2D eigenvalue weighted by molar-refractivity contribution is 5.56. The van der Waals surface area contributed by atoms with Gasteiger partial charge in [0.2, 0.25) is 10.8 Å². The van der Waals surface area contributed by atoms with Gasteiger partial charge in [0.05, 0.1) is 11.4 Å². The lowest BCUT2D eigenvalue weighted by Crippen LogP contribution is -2.54. The summed E-state index contributed by atoms with van der Waals surface area (Å²) in [6, 6.07) is 39.4. The molecule has 0 aliphatic rings. The van der Waals surface area contributed by atoms with E-state index in [0.29, 0.717) is 11.4 Å². The summed E-state index contributed by atoms with van der Waals surface area (Å²) in [6.07, 6.45) is -22.9. The average Bonchev–Trinajstić information content (AvgIpc) is 3.31. The molecule has 8 rings (SSSR count). The molecule has 0 radical (unpaired) electrons. The second-order valence-electron chi connectivity index (χ2n) is 16.2. The van der Waals surface area contributed by atoms with E-state index >= 15 is 0 Å². The van der Waals surface area contributed by atoms with Crippen molar-refractivity contribution >= 4 is 22.7 Å². The summed E-state index contributed by atoms with van der Waals surface area (Å²) >= 11 is 0. The molecule has 8 aromatic carbocycles. The number of halogens is 12. The molecule has 0 aromatic heterocycles. The lowest BCUT2D eigenvalue weighted by molar-refractivity contribution is -0.290. The predicted molar refractivity (Wildman–Crippen MR) is 255 cm³/mol. The van der Waals surface area contributed by atoms with Crippen LogP contribution in [0.3, 0.4) is 0 Å². The van der Waals surface area contributed by atoms with Crippen molar-refractivity contribution in [3.63, 3.8) is 0 Å². The third-order valence-electron chi connectivity index (χ3n) is 11.3. The topological polar surface area (TPSA) is 141 Å². The Morgan fingerprint density at radius 1 is 0.257 bits per heavy atom. The first kappa shape index (κ1) is 53.1. The van der Waals surface area contributed by atoms with Gasteiger partial charge in [0, 0.05) is 23.5 Å². The number of anilines is 4. The van der Waals surface area contributed by atoms with Crippen molar-refractivity contribution < 1.29 is 71.6 Å². The molecule has 74 heavy (non-hydrogen) atoms. The van der Waals surface area contributed by atoms with Gasteiger partial charge in [-0.15, -0.1) is 0 Å². The van der Waals surface area contributed by atoms with Gasteiger partial charge in [-0.25, -0.2) is 0 Å². The van der Waals surface area contributed by atoms with Gasteiger partial charge in [-0.2, -0.15) is 52.7 Å². The van der Waals surface area contributed by atoms with Gasteiger partial charge >= 0.3 is 24.7 Å². The molecule has 0 unspecified atom stereocenters. The first-order chi connectivity index (χ1) is 34.8. The number of para-hydroxylation sites is 4. The highest BCUT2D eigenvalue weighted by Crippen LogP contribution is 2.58. The quantitative estimate of drug-likeness (QED) is 0.0700. The molecule has 0 spiro atoms. The highest BCUT2D eigenvalue weighted by Gasteiger charge is 2.73. The fraction of sp³-hybridized carbons (Fsp3) is 0.111. The molecule has 0 fully saturated rings. The molecule has 8 aromatic rings. The van der Waals surface area contributed by atoms with Gasteiger partial charge in [0.1, 0.15) is 46.0 Å². The molecule has 0 aliphatic heterocycles. The van der Waals surface area contributed by atoms with Crippen molar-refractivity contribution in [1.82, 2.24) is 0 Å². The maximum atomic E-state index is 14.4. The molecule has 8 nitrogen and oxygen atoms in total. The van der Waals surface area contributed by atoms with Crippen LogP contribution in [0.2, 0.25) is 0 Å². The fourth-order valence-corrected chi connectivity index (χ4v) is 7.89. The number of rotatable bonds is 12. The number of hydrogen-bond acceptors (Lipinski definition) is 8. The first-order valence-electron chi connectivity index (χ1n) is 21.6. The monoisotopic (exact) mass is 1040 g/mol. The second-order valence-corrected chi connectivity index (χ2v) is 16.2. The molecule has 0 saturated heterocycles. The summed E-state index contributed by atoms with van der Waals surface area (Å²) in [4.78, 5) is 0. The number of benzene rings is 8. The lowest BCUT2D eigenvalue weighted by atomic mass is 9.73. The molecule has 20 heteroatoms. The summed E-state index contributed by atoms with van der Waals surface area (Å²) in [6.45, 7) is 0. The molecule has 0 heterocycles. The Balaban J connectivity index is 0.000000216. The molecule has 0 amide bonds. The average molecular weight is 1040 g/mol. The van der Waals surface area contributed by atoms with E-state index in [1.165, 1.54) is 24.3 Å². The number of nitrogens with two attached hydrogens (primary N) is 4. The molecule has 0 aliphatic carbocycles. The zero-order chi connectivity index (χ0) is 53.7. The summed E-state index contributed by atoms with van der Waals surface area (Å²) in [5, 5.41) is 0. The third-order valence-corrected chi connectivity index (χ3v) is 11.3. The molecular formula is C54H40F12N4O4. The number of hydrogen-bond donors (Lipinski definition) is 4. The minimum atomic E-state index is -5.73. The van der Waals surface area contributed by atoms with Crippen molar-refractivity contribution in [1.29, 1.82) is 0 Å². The molecule has 0 saturated carbocycles. The van der Waals surface area contributed by atoms with Crippen LogP contribution >= 0.6 is 0 Å². The van der Waals surface area contributed by atoms with Crippen LogP contribution in [0.25, 0.3) is 0 Å². The Bertz CT molecular complexity index is 2950. The van der Waals surface area contributed by atoms with Crippen LogP contribution in [0.1, 0.15) is 22.3 Å². The van der Waals surface area contributed by atoms with Gasteiger partial charge in [0.25, 0.3) is 0 Å². The smallest absolute Gasteiger partial charge is 0.411 e. The van der Waals surface area contributed by atoms with Crippen LogP contribution in [0.4, 0.5) is 75.4 Å². The SMILES string of the molecule is Nc1cccc(Oc2ccc(C(c3ccc(Oc4cccc(N)c4)cc3)(C(F)(F)F)C(F)(F)F)cc2)c1.Nc1ccccc1Oc1ccc(C(c2ccc(Oc3ccccc3N)cc2)(C(F)(F)F)C(F)(F)F)cc1. The lowest BCUT2D eigenvalue weighted by Gasteiger charge is -2.38. The molecule has 0 atom stereocenters. The van der Waals surface area contributed by atoms with E-state index in [1.807, 2.05) is 0 Å². The van der Waals surface area contributed by atoms with E-state index in [-0.39, 0.29) is 57.4 Å². The van der Waals surface area contributed by atoms with E-state index in [4.69, 9.17) is 41.9 Å². The summed E-state index contributed by atoms with van der Waals surface area (Å²) in [7, 11) is 0. The van der Waals surface area contributed by atoms with Crippen LogP contribution < -0.4 is 41.9 Å². The van der Waals surface area contributed by atoms with Crippen molar-refractivity contribution in [2.75, 3.05) is 22.9 Å². The Kier molecular flexibility index (Phi) is 14.9. The third kappa shape index (κ3) is 11.0. The second kappa shape index (κ2) is 20.8. The Hall–Kier alpha value is -8.68. The zero-order valence-electron chi connectivity index (χ0n) is 38.0. The summed E-state index contributed by atoms with van der Waals surface area (Å²) in [5.41, 5.74) is 11.5. The van der Waals surface area contributed by atoms with Gasteiger partial charge in [-0.1, -0.05) is 84.9 Å². The van der Waals surface area contributed by atoms with Crippen LogP contribution in [0.5, 0.6) is 46.0 Å². The Morgan fingerprint density at radius 2 is 0.514 bits per heavy atom. The zero-order valence-corrected chi connectivity index (χ0v) is 38.0. The van der Waals surface area contributed by atoms with E-state index in [9.17, 15) is 52.7 Å². The Labute approximate surface area is 414 Å². The van der Waals surface area contributed by atoms with Crippen molar-refractivity contribution in [2.24, 2.45) is 0 Å². The summed E-state index contributed by atoms with van der Waals surface area (Å²) < 4.78 is 195. The molecular weight excluding hydrogens is 997 g/mol. The van der Waals surface area contributed by atoms with E-state index in [2.05, 4.69) is 0 Å². The van der Waals surface area contributed by atoms with Crippen molar-refractivity contribution in [3.05, 3.63) is 216 Å². The van der Waals surface area contributed by atoms with Crippen LogP contribution in [0.15, 0.2) is 194 Å². The van der Waals surface area contributed by atoms with Gasteiger partial charge in [-0.3, -0.25) is 0 Å². The van der Waals surface area contributed by atoms with Gasteiger partial charge in [-0.05, 0) is 119 Å². The number of ether oxygens (including phenoxy) is 4. The highest BCUT2D eigenvalue weighted by atomic mass is 19.4. The van der Waals surface area contributed by atoms with E-state index < -0.39 is 57.8 Å². The van der Waals surface area contributed by atoms with Gasteiger partial charge < -0.3 is 41.9 Å². The van der Waals surface area contributed by atoms with Gasteiger partial charge in [0.15, 0.2) is 0 Å². The Morgan fingerprint density at radius 3 is 0.757 bits per heavy atom. The van der Waals surface area contributed by atoms with Crippen molar-refractivity contribution in [2.45, 2.75) is 35.5 Å². The van der Waals surface area contributed by atoms with Crippen LogP contribution in [0, 0.1) is 0 Å². The maximum absolute atomic E-state index is 14.4. The molecule has 8 N–H and O–H groups in total. The summed E-state index contributed by atoms with van der Waals surface area (Å²) in [5.74, 6) is 1.10. The largest absolute Gasteiger partial charge is 0.457 e. The minimum Gasteiger partial charge on any atom is -0.457 e. The van der Waals surface area contributed by atoms with Crippen LogP contribution in [-0.4, -0.2) is 24.7 Å². The first-order valence-corrected chi connectivity index (χ1v) is 21.6. The predicted octanol–water partition coefficient (Wildman–Crippen LogP) is 15.7. The number of alkyl halides is 12. The van der Waals surface area contributed by atoms with Crippen LogP contribution in [-0.2, 0) is 10.8 Å². The standard InChI is InChI=1S/2C27H20F6N2O2/c28-26(29,30)25(27(31,32)33,17-7-11-21(12-8-17)36-23-5-1-3-19(34)15-23)18-9-13-22(14-10-18)37-24-6-2-4-20(35)16-24;28-26(29,30)25(27(31,32)33,17-9-13-19(14-10-17)36-23-7-3-1-5-21(23)34)18-11-15-20(16-12-18)37-24-8-4-2-6-22(24)35/h2*1-16H,34-35H2. The van der Waals surface area contributed by atoms with Crippen molar-refractivity contribution in [3.8, 4) is 46.0 Å². The minimum absolute atomic E-state index is 0.0177. The fourth-order valence-electron chi connectivity index (χ4n) is 7.89. The maximum Gasteiger partial charge on any atom is 0.411 e. The van der Waals surface area contributed by atoms with E-state index in [0.717, 1.165) is 97.1 Å². The number of nitrogen functional groups attached to an aromatic ring is 4. The van der Waals surface area contributed by atoms with E-state index in [1.54, 1.807) is 72.8 Å². The normalized spacial score (nSPS) is 12.3.